The maximum absolute atomic E-state index is 11.2. The van der Waals surface area contributed by atoms with Crippen molar-refractivity contribution in [2.24, 2.45) is 17.8 Å². The molecule has 13 heavy (non-hydrogen) atoms. The number of hydrogen-bond donors (Lipinski definition) is 0. The average molecular weight is 180 g/mol. The van der Waals surface area contributed by atoms with E-state index in [2.05, 4.69) is 13.0 Å². The lowest BCUT2D eigenvalue weighted by molar-refractivity contribution is -0.117. The van der Waals surface area contributed by atoms with Gasteiger partial charge in [0.05, 0.1) is 6.61 Å². The van der Waals surface area contributed by atoms with Crippen molar-refractivity contribution in [2.45, 2.75) is 19.8 Å². The van der Waals surface area contributed by atoms with E-state index in [1.165, 1.54) is 5.57 Å². The summed E-state index contributed by atoms with van der Waals surface area (Å²) in [4.78, 5) is 11.2. The van der Waals surface area contributed by atoms with Gasteiger partial charge in [0.2, 0.25) is 0 Å². The molecule has 1 saturated carbocycles. The van der Waals surface area contributed by atoms with E-state index in [1.807, 2.05) is 0 Å². The van der Waals surface area contributed by atoms with E-state index < -0.39 is 0 Å². The second kappa shape index (κ2) is 3.26. The number of ketones is 1. The molecule has 2 nitrogen and oxygen atoms in total. The monoisotopic (exact) mass is 180 g/mol. The van der Waals surface area contributed by atoms with Crippen LogP contribution in [-0.2, 0) is 9.53 Å². The van der Waals surface area contributed by atoms with E-state index >= 15 is 0 Å². The predicted octanol–water partition coefficient (Wildman–Crippen LogP) is 1.80. The van der Waals surface area contributed by atoms with Crippen LogP contribution in [0.2, 0.25) is 0 Å². The highest BCUT2D eigenvalue weighted by Crippen LogP contribution is 2.44. The zero-order chi connectivity index (χ0) is 9.42. The van der Waals surface area contributed by atoms with E-state index in [-0.39, 0.29) is 0 Å². The molecule has 3 atom stereocenters. The third kappa shape index (κ3) is 1.44. The fraction of sp³-hybridized carbons (Fsp3) is 0.727. The third-order valence-electron chi connectivity index (χ3n) is 3.40. The average Bonchev–Trinajstić information content (AvgIpc) is 2.52. The van der Waals surface area contributed by atoms with Crippen molar-refractivity contribution in [2.75, 3.05) is 13.7 Å². The Bertz CT molecular complexity index is 255. The lowest BCUT2D eigenvalue weighted by Crippen LogP contribution is -2.17. The summed E-state index contributed by atoms with van der Waals surface area (Å²) in [7, 11) is 1.73. The smallest absolute Gasteiger partial charge is 0.133 e. The van der Waals surface area contributed by atoms with Gasteiger partial charge in [-0.1, -0.05) is 11.6 Å². The Morgan fingerprint density at radius 1 is 1.54 bits per heavy atom. The molecule has 2 heteroatoms. The molecule has 0 spiro atoms. The van der Waals surface area contributed by atoms with Gasteiger partial charge in [-0.2, -0.15) is 0 Å². The van der Waals surface area contributed by atoms with Crippen LogP contribution in [0.3, 0.4) is 0 Å². The van der Waals surface area contributed by atoms with E-state index in [0.29, 0.717) is 23.5 Å². The maximum atomic E-state index is 11.2. The van der Waals surface area contributed by atoms with Crippen LogP contribution in [0, 0.1) is 17.8 Å². The molecule has 0 amide bonds. The Morgan fingerprint density at radius 2 is 2.31 bits per heavy atom. The minimum atomic E-state index is 0.430. The summed E-state index contributed by atoms with van der Waals surface area (Å²) >= 11 is 0. The molecule has 0 aromatic rings. The largest absolute Gasteiger partial charge is 0.384 e. The minimum absolute atomic E-state index is 0.430. The quantitative estimate of drug-likeness (QED) is 0.606. The molecule has 0 aromatic heterocycles. The van der Waals surface area contributed by atoms with Crippen LogP contribution in [0.4, 0.5) is 0 Å². The molecule has 72 valence electrons. The highest BCUT2D eigenvalue weighted by atomic mass is 16.5. The zero-order valence-electron chi connectivity index (χ0n) is 8.25. The molecule has 0 radical (unpaired) electrons. The predicted molar refractivity (Wildman–Crippen MR) is 50.3 cm³/mol. The molecule has 0 bridgehead atoms. The molecule has 1 fully saturated rings. The van der Waals surface area contributed by atoms with E-state index in [4.69, 9.17) is 4.74 Å². The van der Waals surface area contributed by atoms with Crippen molar-refractivity contribution >= 4 is 5.78 Å². The normalized spacial score (nSPS) is 37.8. The topological polar surface area (TPSA) is 26.3 Å². The molecule has 0 aromatic carbocycles. The molecule has 2 aliphatic carbocycles. The van der Waals surface area contributed by atoms with Crippen LogP contribution in [0.5, 0.6) is 0 Å². The third-order valence-corrected chi connectivity index (χ3v) is 3.40. The molecular weight excluding hydrogens is 164 g/mol. The Hall–Kier alpha value is -0.630. The first-order chi connectivity index (χ1) is 6.22. The van der Waals surface area contributed by atoms with Crippen LogP contribution in [-0.4, -0.2) is 19.5 Å². The van der Waals surface area contributed by atoms with Gasteiger partial charge in [0.15, 0.2) is 0 Å². The lowest BCUT2D eigenvalue weighted by atomic mass is 9.89. The number of Topliss-reactive ketones (excluding diaryl/α,β-unsaturated/α-hetero) is 1. The Balaban J connectivity index is 2.12. The number of fused-ring (bicyclic) bond motifs is 1. The van der Waals surface area contributed by atoms with Crippen LogP contribution in [0.25, 0.3) is 0 Å². The van der Waals surface area contributed by atoms with Gasteiger partial charge in [-0.25, -0.2) is 0 Å². The SMILES string of the molecule is COCC1C(C)=CC2CC(=O)CC21. The summed E-state index contributed by atoms with van der Waals surface area (Å²) in [5, 5.41) is 0. The highest BCUT2D eigenvalue weighted by Gasteiger charge is 2.41. The molecule has 3 unspecified atom stereocenters. The molecular formula is C11H16O2. The van der Waals surface area contributed by atoms with Gasteiger partial charge < -0.3 is 4.74 Å². The van der Waals surface area contributed by atoms with Crippen LogP contribution < -0.4 is 0 Å². The fourth-order valence-corrected chi connectivity index (χ4v) is 2.77. The Kier molecular flexibility index (Phi) is 2.24. The van der Waals surface area contributed by atoms with Crippen LogP contribution >= 0.6 is 0 Å². The van der Waals surface area contributed by atoms with Gasteiger partial charge in [0.1, 0.15) is 5.78 Å². The summed E-state index contributed by atoms with van der Waals surface area (Å²) in [6.45, 7) is 2.93. The summed E-state index contributed by atoms with van der Waals surface area (Å²) in [5.74, 6) is 2.00. The number of hydrogen-bond acceptors (Lipinski definition) is 2. The summed E-state index contributed by atoms with van der Waals surface area (Å²) in [5.41, 5.74) is 1.42. The van der Waals surface area contributed by atoms with Crippen molar-refractivity contribution in [3.8, 4) is 0 Å². The van der Waals surface area contributed by atoms with Gasteiger partial charge >= 0.3 is 0 Å². The first-order valence-corrected chi connectivity index (χ1v) is 4.91. The van der Waals surface area contributed by atoms with E-state index in [0.717, 1.165) is 19.4 Å². The number of rotatable bonds is 2. The Labute approximate surface area is 79.0 Å². The van der Waals surface area contributed by atoms with Gasteiger partial charge in [-0.3, -0.25) is 4.79 Å². The standard InChI is InChI=1S/C11H16O2/c1-7-3-8-4-9(12)5-10(8)11(7)6-13-2/h3,8,10-11H,4-6H2,1-2H3. The first kappa shape index (κ1) is 8.95. The first-order valence-electron chi connectivity index (χ1n) is 4.91. The molecule has 0 N–H and O–H groups in total. The fourth-order valence-electron chi connectivity index (χ4n) is 2.77. The molecule has 0 saturated heterocycles. The summed E-state index contributed by atoms with van der Waals surface area (Å²) in [6, 6.07) is 0. The van der Waals surface area contributed by atoms with Crippen molar-refractivity contribution < 1.29 is 9.53 Å². The molecule has 0 heterocycles. The van der Waals surface area contributed by atoms with Crippen LogP contribution in [0.1, 0.15) is 19.8 Å². The number of allylic oxidation sites excluding steroid dienone is 1. The maximum Gasteiger partial charge on any atom is 0.133 e. The molecule has 2 aliphatic rings. The zero-order valence-corrected chi connectivity index (χ0v) is 8.25. The van der Waals surface area contributed by atoms with Gasteiger partial charge in [0, 0.05) is 25.9 Å². The van der Waals surface area contributed by atoms with Crippen molar-refractivity contribution in [1.82, 2.24) is 0 Å². The van der Waals surface area contributed by atoms with Gasteiger partial charge in [-0.15, -0.1) is 0 Å². The number of carbonyl (C=O) groups excluding carboxylic acids is 1. The Morgan fingerprint density at radius 3 is 3.00 bits per heavy atom. The van der Waals surface area contributed by atoms with Crippen molar-refractivity contribution in [3.63, 3.8) is 0 Å². The second-order valence-corrected chi connectivity index (χ2v) is 4.25. The summed E-state index contributed by atoms with van der Waals surface area (Å²) < 4.78 is 5.19. The van der Waals surface area contributed by atoms with E-state index in [1.54, 1.807) is 7.11 Å². The number of methoxy groups -OCH3 is 1. The highest BCUT2D eigenvalue weighted by molar-refractivity contribution is 5.82. The molecule has 2 rings (SSSR count). The van der Waals surface area contributed by atoms with Gasteiger partial charge in [0.25, 0.3) is 0 Å². The van der Waals surface area contributed by atoms with Crippen molar-refractivity contribution in [1.29, 1.82) is 0 Å². The summed E-state index contributed by atoms with van der Waals surface area (Å²) in [6.07, 6.45) is 3.81. The van der Waals surface area contributed by atoms with Gasteiger partial charge in [-0.05, 0) is 18.8 Å². The second-order valence-electron chi connectivity index (χ2n) is 4.25. The molecule has 0 aliphatic heterocycles. The number of carbonyl (C=O) groups is 1. The van der Waals surface area contributed by atoms with Crippen molar-refractivity contribution in [3.05, 3.63) is 11.6 Å². The lowest BCUT2D eigenvalue weighted by Gasteiger charge is -2.18. The van der Waals surface area contributed by atoms with Crippen LogP contribution in [0.15, 0.2) is 11.6 Å². The van der Waals surface area contributed by atoms with E-state index in [9.17, 15) is 4.79 Å². The minimum Gasteiger partial charge on any atom is -0.384 e. The number of ether oxygens (including phenoxy) is 1.